The first-order chi connectivity index (χ1) is 8.96. The fourth-order valence-electron chi connectivity index (χ4n) is 2.03. The largest absolute Gasteiger partial charge is 0.481 e. The molecule has 0 aliphatic carbocycles. The van der Waals surface area contributed by atoms with E-state index in [0.29, 0.717) is 13.1 Å². The third-order valence-electron chi connectivity index (χ3n) is 2.96. The Morgan fingerprint density at radius 1 is 1.47 bits per heavy atom. The number of fused-ring (bicyclic) bond motifs is 1. The summed E-state index contributed by atoms with van der Waals surface area (Å²) in [5, 5.41) is 12.1. The first-order valence-electron chi connectivity index (χ1n) is 6.21. The first-order valence-corrected chi connectivity index (χ1v) is 6.21. The summed E-state index contributed by atoms with van der Waals surface area (Å²) < 4.78 is 5.24. The minimum atomic E-state index is -0.769. The maximum Gasteiger partial charge on any atom is 0.303 e. The van der Waals surface area contributed by atoms with Crippen molar-refractivity contribution in [1.29, 1.82) is 0 Å². The van der Waals surface area contributed by atoms with Crippen molar-refractivity contribution in [1.82, 2.24) is 10.3 Å². The summed E-state index contributed by atoms with van der Waals surface area (Å²) in [6, 6.07) is 5.85. The van der Waals surface area contributed by atoms with E-state index in [1.165, 1.54) is 6.39 Å². The van der Waals surface area contributed by atoms with Crippen molar-refractivity contribution in [3.05, 3.63) is 30.2 Å². The minimum absolute atomic E-state index is 0.154. The zero-order chi connectivity index (χ0) is 13.9. The molecule has 0 aliphatic rings. The molecule has 1 heterocycles. The molecule has 0 bridgehead atoms. The number of oxazole rings is 1. The van der Waals surface area contributed by atoms with Crippen molar-refractivity contribution in [3.8, 4) is 0 Å². The Kier molecular flexibility index (Phi) is 3.85. The minimum Gasteiger partial charge on any atom is -0.481 e. The van der Waals surface area contributed by atoms with Crippen LogP contribution in [0.25, 0.3) is 11.1 Å². The smallest absolute Gasteiger partial charge is 0.303 e. The number of aliphatic carboxylic acids is 1. The third-order valence-corrected chi connectivity index (χ3v) is 2.96. The SMILES string of the molecule is CC(C)(CNCc1ccc2ncoc2c1)CC(=O)O. The maximum absolute atomic E-state index is 10.7. The maximum atomic E-state index is 10.7. The zero-order valence-electron chi connectivity index (χ0n) is 11.1. The Bertz CT molecular complexity index is 575. The highest BCUT2D eigenvalue weighted by atomic mass is 16.4. The molecule has 102 valence electrons. The summed E-state index contributed by atoms with van der Waals surface area (Å²) in [6.07, 6.45) is 1.58. The number of nitrogens with zero attached hydrogens (tertiary/aromatic N) is 1. The highest BCUT2D eigenvalue weighted by Gasteiger charge is 2.21. The summed E-state index contributed by atoms with van der Waals surface area (Å²) in [5.74, 6) is -0.769. The van der Waals surface area contributed by atoms with Gasteiger partial charge in [0.05, 0.1) is 6.42 Å². The van der Waals surface area contributed by atoms with Crippen molar-refractivity contribution in [3.63, 3.8) is 0 Å². The summed E-state index contributed by atoms with van der Waals surface area (Å²) >= 11 is 0. The predicted molar refractivity (Wildman–Crippen MR) is 71.7 cm³/mol. The highest BCUT2D eigenvalue weighted by Crippen LogP contribution is 2.19. The number of rotatable bonds is 6. The van der Waals surface area contributed by atoms with Crippen LogP contribution in [0, 0.1) is 5.41 Å². The summed E-state index contributed by atoms with van der Waals surface area (Å²) in [7, 11) is 0. The molecule has 19 heavy (non-hydrogen) atoms. The topological polar surface area (TPSA) is 75.4 Å². The Hall–Kier alpha value is -1.88. The van der Waals surface area contributed by atoms with Crippen molar-refractivity contribution in [2.24, 2.45) is 5.41 Å². The van der Waals surface area contributed by atoms with Crippen LogP contribution in [0.5, 0.6) is 0 Å². The van der Waals surface area contributed by atoms with Crippen LogP contribution < -0.4 is 5.32 Å². The lowest BCUT2D eigenvalue weighted by molar-refractivity contribution is -0.139. The molecule has 0 amide bonds. The molecule has 1 aromatic heterocycles. The van der Waals surface area contributed by atoms with Gasteiger partial charge in [-0.15, -0.1) is 0 Å². The van der Waals surface area contributed by atoms with Crippen LogP contribution >= 0.6 is 0 Å². The summed E-state index contributed by atoms with van der Waals surface area (Å²) in [5.41, 5.74) is 2.44. The molecule has 5 heteroatoms. The molecule has 0 atom stereocenters. The molecule has 0 saturated carbocycles. The van der Waals surface area contributed by atoms with E-state index >= 15 is 0 Å². The number of hydrogen-bond acceptors (Lipinski definition) is 4. The van der Waals surface area contributed by atoms with Gasteiger partial charge in [-0.1, -0.05) is 19.9 Å². The molecule has 2 N–H and O–H groups in total. The monoisotopic (exact) mass is 262 g/mol. The first kappa shape index (κ1) is 13.5. The van der Waals surface area contributed by atoms with Crippen LogP contribution in [0.15, 0.2) is 29.0 Å². The molecule has 0 aliphatic heterocycles. The van der Waals surface area contributed by atoms with Gasteiger partial charge in [-0.25, -0.2) is 4.98 Å². The van der Waals surface area contributed by atoms with Gasteiger partial charge in [-0.05, 0) is 23.1 Å². The van der Waals surface area contributed by atoms with Gasteiger partial charge >= 0.3 is 5.97 Å². The molecule has 0 fully saturated rings. The van der Waals surface area contributed by atoms with Gasteiger partial charge in [0.2, 0.25) is 0 Å². The van der Waals surface area contributed by atoms with Crippen LogP contribution in [0.3, 0.4) is 0 Å². The molecule has 0 saturated heterocycles. The van der Waals surface area contributed by atoms with Crippen LogP contribution in [0.2, 0.25) is 0 Å². The lowest BCUT2D eigenvalue weighted by atomic mass is 9.89. The van der Waals surface area contributed by atoms with E-state index in [9.17, 15) is 4.79 Å². The molecular weight excluding hydrogens is 244 g/mol. The van der Waals surface area contributed by atoms with E-state index in [1.54, 1.807) is 0 Å². The third kappa shape index (κ3) is 3.79. The summed E-state index contributed by atoms with van der Waals surface area (Å²) in [4.78, 5) is 14.8. The second kappa shape index (κ2) is 5.40. The molecular formula is C14H18N2O3. The average Bonchev–Trinajstić information content (AvgIpc) is 2.74. The van der Waals surface area contributed by atoms with Crippen LogP contribution in [0.4, 0.5) is 0 Å². The standard InChI is InChI=1S/C14H18N2O3/c1-14(2,6-13(17)18)8-15-7-10-3-4-11-12(5-10)19-9-16-11/h3-5,9,15H,6-8H2,1-2H3,(H,17,18). The fraction of sp³-hybridized carbons (Fsp3) is 0.429. The second-order valence-corrected chi connectivity index (χ2v) is 5.49. The normalized spacial score (nSPS) is 11.9. The van der Waals surface area contributed by atoms with Crippen LogP contribution in [0.1, 0.15) is 25.8 Å². The molecule has 0 radical (unpaired) electrons. The number of hydrogen-bond donors (Lipinski definition) is 2. The number of nitrogens with one attached hydrogen (secondary N) is 1. The van der Waals surface area contributed by atoms with Crippen molar-refractivity contribution < 1.29 is 14.3 Å². The molecule has 0 unspecified atom stereocenters. The highest BCUT2D eigenvalue weighted by molar-refractivity contribution is 5.72. The second-order valence-electron chi connectivity index (χ2n) is 5.49. The molecule has 1 aromatic carbocycles. The number of benzene rings is 1. The Labute approximate surface area is 111 Å². The van der Waals surface area contributed by atoms with Gasteiger partial charge in [0.25, 0.3) is 0 Å². The van der Waals surface area contributed by atoms with Gasteiger partial charge in [0.15, 0.2) is 12.0 Å². The van der Waals surface area contributed by atoms with Gasteiger partial charge in [-0.2, -0.15) is 0 Å². The Balaban J connectivity index is 1.90. The number of carbonyl (C=O) groups is 1. The van der Waals surface area contributed by atoms with Crippen molar-refractivity contribution >= 4 is 17.1 Å². The van der Waals surface area contributed by atoms with Crippen molar-refractivity contribution in [2.75, 3.05) is 6.54 Å². The quantitative estimate of drug-likeness (QED) is 0.836. The van der Waals surface area contributed by atoms with E-state index in [0.717, 1.165) is 16.7 Å². The van der Waals surface area contributed by atoms with E-state index in [-0.39, 0.29) is 11.8 Å². The molecule has 0 spiro atoms. The average molecular weight is 262 g/mol. The molecule has 2 rings (SSSR count). The van der Waals surface area contributed by atoms with Crippen LogP contribution in [-0.2, 0) is 11.3 Å². The predicted octanol–water partition coefficient (Wildman–Crippen LogP) is 2.42. The fourth-order valence-corrected chi connectivity index (χ4v) is 2.03. The van der Waals surface area contributed by atoms with E-state index in [2.05, 4.69) is 10.3 Å². The lowest BCUT2D eigenvalue weighted by Gasteiger charge is -2.22. The van der Waals surface area contributed by atoms with Crippen molar-refractivity contribution in [2.45, 2.75) is 26.8 Å². The Morgan fingerprint density at radius 2 is 2.26 bits per heavy atom. The lowest BCUT2D eigenvalue weighted by Crippen LogP contribution is -2.31. The van der Waals surface area contributed by atoms with Crippen LogP contribution in [-0.4, -0.2) is 22.6 Å². The van der Waals surface area contributed by atoms with Gasteiger partial charge in [-0.3, -0.25) is 4.79 Å². The van der Waals surface area contributed by atoms with E-state index in [4.69, 9.17) is 9.52 Å². The molecule has 5 nitrogen and oxygen atoms in total. The number of aromatic nitrogens is 1. The molecule has 2 aromatic rings. The summed E-state index contributed by atoms with van der Waals surface area (Å²) in [6.45, 7) is 5.20. The Morgan fingerprint density at radius 3 is 3.00 bits per heavy atom. The number of carboxylic acids is 1. The van der Waals surface area contributed by atoms with Gasteiger partial charge in [0, 0.05) is 13.1 Å². The zero-order valence-corrected chi connectivity index (χ0v) is 11.1. The van der Waals surface area contributed by atoms with Gasteiger partial charge < -0.3 is 14.8 Å². The number of carboxylic acid groups (broad SMARTS) is 1. The van der Waals surface area contributed by atoms with E-state index < -0.39 is 5.97 Å². The van der Waals surface area contributed by atoms with Gasteiger partial charge in [0.1, 0.15) is 5.52 Å². The van der Waals surface area contributed by atoms with E-state index in [1.807, 2.05) is 32.0 Å².